The third-order valence-electron chi connectivity index (χ3n) is 4.44. The second kappa shape index (κ2) is 7.70. The molecule has 0 aliphatic heterocycles. The second-order valence-corrected chi connectivity index (χ2v) is 6.65. The molecule has 1 aromatic heterocycles. The molecule has 1 fully saturated rings. The number of furan rings is 1. The van der Waals surface area contributed by atoms with Crippen molar-refractivity contribution in [1.82, 2.24) is 10.6 Å². The number of nitrogens with one attached hydrogen (secondary N) is 2. The number of urea groups is 1. The molecule has 134 valence electrons. The van der Waals surface area contributed by atoms with Gasteiger partial charge in [0.2, 0.25) is 0 Å². The van der Waals surface area contributed by atoms with Crippen LogP contribution in [0, 0.1) is 11.7 Å². The second-order valence-electron chi connectivity index (χ2n) is 6.65. The van der Waals surface area contributed by atoms with Crippen LogP contribution in [0.2, 0.25) is 0 Å². The van der Waals surface area contributed by atoms with Gasteiger partial charge in [0.25, 0.3) is 0 Å². The molecular weight excluding hydrogens is 323 g/mol. The standard InChI is InChI=1S/C19H23FN2O3/c1-12(11-16(23)17-3-2-10-25-17)21-19(24)22-18(13-4-5-13)14-6-8-15(20)9-7-14/h2-3,6-10,12-13,16,18,23H,4-5,11H2,1H3,(H2,21,22,24)/t12-,16-,18+/m1/s1. The average molecular weight is 346 g/mol. The van der Waals surface area contributed by atoms with Crippen molar-refractivity contribution in [1.29, 1.82) is 0 Å². The quantitative estimate of drug-likeness (QED) is 0.716. The Labute approximate surface area is 146 Å². The van der Waals surface area contributed by atoms with Crippen LogP contribution in [0.3, 0.4) is 0 Å². The number of aliphatic hydroxyl groups is 1. The van der Waals surface area contributed by atoms with E-state index in [9.17, 15) is 14.3 Å². The molecule has 1 aromatic carbocycles. The Morgan fingerprint density at radius 2 is 2.00 bits per heavy atom. The van der Waals surface area contributed by atoms with Crippen molar-refractivity contribution in [3.05, 3.63) is 59.8 Å². The summed E-state index contributed by atoms with van der Waals surface area (Å²) in [7, 11) is 0. The van der Waals surface area contributed by atoms with Gasteiger partial charge in [-0.2, -0.15) is 0 Å². The summed E-state index contributed by atoms with van der Waals surface area (Å²) in [5.41, 5.74) is 0.905. The van der Waals surface area contributed by atoms with Crippen molar-refractivity contribution in [3.8, 4) is 0 Å². The lowest BCUT2D eigenvalue weighted by molar-refractivity contribution is 0.129. The van der Waals surface area contributed by atoms with Gasteiger partial charge in [-0.1, -0.05) is 12.1 Å². The molecule has 6 heteroatoms. The number of carbonyl (C=O) groups is 1. The van der Waals surface area contributed by atoms with Crippen LogP contribution in [-0.4, -0.2) is 17.2 Å². The SMILES string of the molecule is C[C@H](C[C@@H](O)c1ccco1)NC(=O)N[C@H](c1ccc(F)cc1)C1CC1. The summed E-state index contributed by atoms with van der Waals surface area (Å²) in [6, 6.07) is 9.02. The van der Waals surface area contributed by atoms with Crippen LogP contribution in [0.1, 0.15) is 49.7 Å². The van der Waals surface area contributed by atoms with Gasteiger partial charge in [0.15, 0.2) is 0 Å². The first kappa shape index (κ1) is 17.5. The Morgan fingerprint density at radius 3 is 2.60 bits per heavy atom. The summed E-state index contributed by atoms with van der Waals surface area (Å²) in [6.45, 7) is 1.83. The maximum atomic E-state index is 13.1. The van der Waals surface area contributed by atoms with E-state index in [0.717, 1.165) is 18.4 Å². The van der Waals surface area contributed by atoms with E-state index in [1.165, 1.54) is 18.4 Å². The molecule has 3 N–H and O–H groups in total. The highest BCUT2D eigenvalue weighted by Gasteiger charge is 2.33. The zero-order valence-electron chi connectivity index (χ0n) is 14.1. The highest BCUT2D eigenvalue weighted by atomic mass is 19.1. The number of hydrogen-bond acceptors (Lipinski definition) is 3. The van der Waals surface area contributed by atoms with Gasteiger partial charge >= 0.3 is 6.03 Å². The molecule has 1 heterocycles. The van der Waals surface area contributed by atoms with Crippen LogP contribution in [0.4, 0.5) is 9.18 Å². The topological polar surface area (TPSA) is 74.5 Å². The molecule has 2 amide bonds. The van der Waals surface area contributed by atoms with Crippen LogP contribution in [0.25, 0.3) is 0 Å². The fraction of sp³-hybridized carbons (Fsp3) is 0.421. The van der Waals surface area contributed by atoms with Crippen molar-refractivity contribution in [2.24, 2.45) is 5.92 Å². The van der Waals surface area contributed by atoms with E-state index in [1.807, 2.05) is 6.92 Å². The molecule has 0 saturated heterocycles. The zero-order valence-corrected chi connectivity index (χ0v) is 14.1. The van der Waals surface area contributed by atoms with Gasteiger partial charge in [-0.3, -0.25) is 0 Å². The summed E-state index contributed by atoms with van der Waals surface area (Å²) >= 11 is 0. The third kappa shape index (κ3) is 4.82. The van der Waals surface area contributed by atoms with Gasteiger partial charge < -0.3 is 20.2 Å². The Balaban J connectivity index is 1.54. The minimum Gasteiger partial charge on any atom is -0.467 e. The predicted octanol–water partition coefficient (Wildman–Crippen LogP) is 3.68. The van der Waals surface area contributed by atoms with Gasteiger partial charge in [-0.05, 0) is 55.5 Å². The number of aliphatic hydroxyl groups excluding tert-OH is 1. The molecule has 2 aromatic rings. The maximum Gasteiger partial charge on any atom is 0.315 e. The fourth-order valence-corrected chi connectivity index (χ4v) is 2.97. The monoisotopic (exact) mass is 346 g/mol. The summed E-state index contributed by atoms with van der Waals surface area (Å²) in [6.07, 6.45) is 3.20. The summed E-state index contributed by atoms with van der Waals surface area (Å²) in [4.78, 5) is 12.3. The van der Waals surface area contributed by atoms with Gasteiger partial charge in [0.1, 0.15) is 17.7 Å². The molecule has 1 aliphatic carbocycles. The van der Waals surface area contributed by atoms with Gasteiger partial charge in [-0.25, -0.2) is 9.18 Å². The molecular formula is C19H23FN2O3. The number of hydrogen-bond donors (Lipinski definition) is 3. The van der Waals surface area contributed by atoms with E-state index in [4.69, 9.17) is 4.42 Å². The molecule has 3 atom stereocenters. The van der Waals surface area contributed by atoms with E-state index in [-0.39, 0.29) is 23.9 Å². The lowest BCUT2D eigenvalue weighted by atomic mass is 10.0. The predicted molar refractivity (Wildman–Crippen MR) is 91.3 cm³/mol. The number of carbonyl (C=O) groups excluding carboxylic acids is 1. The maximum absolute atomic E-state index is 13.1. The van der Waals surface area contributed by atoms with Crippen molar-refractivity contribution < 1.29 is 18.7 Å². The molecule has 0 spiro atoms. The van der Waals surface area contributed by atoms with Crippen molar-refractivity contribution >= 4 is 6.03 Å². The Hall–Kier alpha value is -2.34. The Kier molecular flexibility index (Phi) is 5.38. The molecule has 1 aliphatic rings. The minimum absolute atomic E-state index is 0.122. The normalized spacial score (nSPS) is 17.6. The van der Waals surface area contributed by atoms with Crippen LogP contribution in [0.15, 0.2) is 47.1 Å². The van der Waals surface area contributed by atoms with E-state index >= 15 is 0 Å². The first-order chi connectivity index (χ1) is 12.0. The number of halogens is 1. The molecule has 25 heavy (non-hydrogen) atoms. The van der Waals surface area contributed by atoms with Gasteiger partial charge in [-0.15, -0.1) is 0 Å². The number of rotatable bonds is 7. The highest BCUT2D eigenvalue weighted by molar-refractivity contribution is 5.74. The zero-order chi connectivity index (χ0) is 17.8. The molecule has 5 nitrogen and oxygen atoms in total. The molecule has 0 bridgehead atoms. The van der Waals surface area contributed by atoms with Crippen molar-refractivity contribution in [3.63, 3.8) is 0 Å². The van der Waals surface area contributed by atoms with E-state index in [2.05, 4.69) is 10.6 Å². The molecule has 0 unspecified atom stereocenters. The number of benzene rings is 1. The number of amides is 2. The third-order valence-corrected chi connectivity index (χ3v) is 4.44. The van der Waals surface area contributed by atoms with Crippen molar-refractivity contribution in [2.75, 3.05) is 0 Å². The van der Waals surface area contributed by atoms with Gasteiger partial charge in [0, 0.05) is 12.5 Å². The van der Waals surface area contributed by atoms with Gasteiger partial charge in [0.05, 0.1) is 12.3 Å². The minimum atomic E-state index is -0.762. The smallest absolute Gasteiger partial charge is 0.315 e. The lowest BCUT2D eigenvalue weighted by Crippen LogP contribution is -2.43. The first-order valence-electron chi connectivity index (χ1n) is 8.57. The summed E-state index contributed by atoms with van der Waals surface area (Å²) in [5.74, 6) is 0.583. The summed E-state index contributed by atoms with van der Waals surface area (Å²) in [5, 5.41) is 15.9. The molecule has 1 saturated carbocycles. The largest absolute Gasteiger partial charge is 0.467 e. The molecule has 3 rings (SSSR count). The van der Waals surface area contributed by atoms with E-state index < -0.39 is 6.10 Å². The molecule has 0 radical (unpaired) electrons. The Morgan fingerprint density at radius 1 is 1.28 bits per heavy atom. The Bertz CT molecular complexity index is 683. The van der Waals surface area contributed by atoms with Crippen LogP contribution < -0.4 is 10.6 Å². The van der Waals surface area contributed by atoms with Crippen molar-refractivity contribution in [2.45, 2.75) is 44.4 Å². The first-order valence-corrected chi connectivity index (χ1v) is 8.57. The lowest BCUT2D eigenvalue weighted by Gasteiger charge is -2.22. The fourth-order valence-electron chi connectivity index (χ4n) is 2.97. The van der Waals surface area contributed by atoms with E-state index in [0.29, 0.717) is 18.1 Å². The van der Waals surface area contributed by atoms with E-state index in [1.54, 1.807) is 24.3 Å². The van der Waals surface area contributed by atoms with Crippen LogP contribution in [-0.2, 0) is 0 Å². The summed E-state index contributed by atoms with van der Waals surface area (Å²) < 4.78 is 18.3. The highest BCUT2D eigenvalue weighted by Crippen LogP contribution is 2.41. The average Bonchev–Trinajstić information content (AvgIpc) is 3.26. The van der Waals surface area contributed by atoms with Crippen LogP contribution >= 0.6 is 0 Å². The van der Waals surface area contributed by atoms with Crippen LogP contribution in [0.5, 0.6) is 0 Å².